The molecule has 0 unspecified atom stereocenters. The number of hydrogen-bond acceptors (Lipinski definition) is 4. The Kier molecular flexibility index (Phi) is 8.01. The lowest BCUT2D eigenvalue weighted by Gasteiger charge is -2.22. The Morgan fingerprint density at radius 3 is 2.15 bits per heavy atom. The minimum Gasteiger partial charge on any atom is -0.267 e. The van der Waals surface area contributed by atoms with Gasteiger partial charge in [-0.05, 0) is 62.1 Å². The number of sulfonamides is 1. The Balaban J connectivity index is 1.64. The number of hydrazone groups is 1. The van der Waals surface area contributed by atoms with Crippen LogP contribution in [0.2, 0.25) is 0 Å². The number of amides is 1. The van der Waals surface area contributed by atoms with Gasteiger partial charge in [-0.25, -0.2) is 13.8 Å². The number of nitrogens with zero attached hydrogens (tertiary/aromatic N) is 2. The molecule has 0 aliphatic rings. The summed E-state index contributed by atoms with van der Waals surface area (Å²) in [5.41, 5.74) is 7.51. The molecule has 0 radical (unpaired) electrons. The van der Waals surface area contributed by atoms with Crippen molar-refractivity contribution >= 4 is 27.3 Å². The van der Waals surface area contributed by atoms with Gasteiger partial charge in [0.05, 0.1) is 18.5 Å². The predicted octanol–water partition coefficient (Wildman–Crippen LogP) is 4.70. The van der Waals surface area contributed by atoms with Crippen LogP contribution in [0.15, 0.2) is 84.0 Å². The number of hydrogen-bond donors (Lipinski definition) is 1. The highest BCUT2D eigenvalue weighted by Crippen LogP contribution is 2.21. The molecule has 0 aliphatic carbocycles. The highest BCUT2D eigenvalue weighted by atomic mass is 32.2. The number of carbonyl (C=O) groups excluding carboxylic acids is 1. The average molecular weight is 464 g/mol. The van der Waals surface area contributed by atoms with Gasteiger partial charge in [-0.15, -0.1) is 0 Å². The first-order chi connectivity index (χ1) is 15.7. The minimum absolute atomic E-state index is 0.218. The molecule has 3 aromatic rings. The summed E-state index contributed by atoms with van der Waals surface area (Å²) in [5, 5.41) is 4.19. The maximum atomic E-state index is 12.5. The van der Waals surface area contributed by atoms with E-state index in [1.165, 1.54) is 16.1 Å². The van der Waals surface area contributed by atoms with Gasteiger partial charge in [0, 0.05) is 11.3 Å². The summed E-state index contributed by atoms with van der Waals surface area (Å²) < 4.78 is 26.1. The molecule has 0 heterocycles. The van der Waals surface area contributed by atoms with E-state index in [0.717, 1.165) is 29.7 Å². The molecule has 0 bridgehead atoms. The number of carbonyl (C=O) groups is 1. The summed E-state index contributed by atoms with van der Waals surface area (Å²) in [4.78, 5) is 12.5. The van der Waals surface area contributed by atoms with Crippen LogP contribution in [-0.4, -0.2) is 26.3 Å². The zero-order chi connectivity index (χ0) is 23.8. The molecular weight excluding hydrogens is 434 g/mol. The topological polar surface area (TPSA) is 78.8 Å². The van der Waals surface area contributed by atoms with E-state index in [9.17, 15) is 13.2 Å². The molecule has 0 fully saturated rings. The maximum Gasteiger partial charge on any atom is 0.271 e. The van der Waals surface area contributed by atoms with E-state index in [2.05, 4.69) is 22.7 Å². The Bertz CT molecular complexity index is 1200. The third-order valence-corrected chi connectivity index (χ3v) is 6.37. The highest BCUT2D eigenvalue weighted by Gasteiger charge is 2.18. The fraction of sp³-hybridized carbons (Fsp3) is 0.231. The molecular formula is C26H29N3O3S. The number of rotatable bonds is 9. The molecule has 0 atom stereocenters. The standard InChI is InChI=1S/C26H29N3O3S/c1-20-9-12-23(13-10-20)19-29(33(3,31)32)25-17-15-24(16-18-25)26(30)28-27-21(2)11-14-22-7-5-4-6-8-22/h4-10,12-13,15-18H,11,14,19H2,1-3H3,(H,28,30)/b27-21-. The summed E-state index contributed by atoms with van der Waals surface area (Å²) in [6.45, 7) is 4.08. The van der Waals surface area contributed by atoms with Crippen molar-refractivity contribution in [3.63, 3.8) is 0 Å². The predicted molar refractivity (Wildman–Crippen MR) is 134 cm³/mol. The van der Waals surface area contributed by atoms with Crippen LogP contribution in [0.1, 0.15) is 40.4 Å². The van der Waals surface area contributed by atoms with Crippen molar-refractivity contribution in [2.75, 3.05) is 10.6 Å². The summed E-state index contributed by atoms with van der Waals surface area (Å²) in [6, 6.07) is 24.3. The van der Waals surface area contributed by atoms with E-state index in [-0.39, 0.29) is 12.5 Å². The van der Waals surface area contributed by atoms with Crippen molar-refractivity contribution in [3.8, 4) is 0 Å². The van der Waals surface area contributed by atoms with Crippen molar-refractivity contribution < 1.29 is 13.2 Å². The van der Waals surface area contributed by atoms with E-state index in [1.807, 2.05) is 56.3 Å². The normalized spacial score (nSPS) is 11.8. The van der Waals surface area contributed by atoms with Gasteiger partial charge in [0.15, 0.2) is 0 Å². The minimum atomic E-state index is -3.50. The molecule has 1 amide bonds. The van der Waals surface area contributed by atoms with Gasteiger partial charge >= 0.3 is 0 Å². The molecule has 33 heavy (non-hydrogen) atoms. The Hall–Kier alpha value is -3.45. The quantitative estimate of drug-likeness (QED) is 0.369. The first-order valence-corrected chi connectivity index (χ1v) is 12.6. The van der Waals surface area contributed by atoms with E-state index in [4.69, 9.17) is 0 Å². The summed E-state index contributed by atoms with van der Waals surface area (Å²) in [5.74, 6) is -0.343. The molecule has 1 N–H and O–H groups in total. The zero-order valence-corrected chi connectivity index (χ0v) is 20.0. The molecule has 7 heteroatoms. The smallest absolute Gasteiger partial charge is 0.267 e. The van der Waals surface area contributed by atoms with Crippen molar-refractivity contribution in [2.45, 2.75) is 33.2 Å². The van der Waals surface area contributed by atoms with Gasteiger partial charge in [0.2, 0.25) is 10.0 Å². The molecule has 0 aromatic heterocycles. The van der Waals surface area contributed by atoms with Gasteiger partial charge in [-0.2, -0.15) is 5.10 Å². The molecule has 0 saturated heterocycles. The monoisotopic (exact) mass is 463 g/mol. The highest BCUT2D eigenvalue weighted by molar-refractivity contribution is 7.92. The van der Waals surface area contributed by atoms with Crippen molar-refractivity contribution in [1.82, 2.24) is 5.43 Å². The van der Waals surface area contributed by atoms with Crippen LogP contribution in [0, 0.1) is 6.92 Å². The number of nitrogens with one attached hydrogen (secondary N) is 1. The van der Waals surface area contributed by atoms with E-state index >= 15 is 0 Å². The fourth-order valence-electron chi connectivity index (χ4n) is 3.27. The number of benzene rings is 3. The molecule has 0 saturated carbocycles. The van der Waals surface area contributed by atoms with Crippen LogP contribution in [0.4, 0.5) is 5.69 Å². The molecule has 172 valence electrons. The Labute approximate surface area is 196 Å². The lowest BCUT2D eigenvalue weighted by Crippen LogP contribution is -2.29. The zero-order valence-electron chi connectivity index (χ0n) is 19.2. The molecule has 3 rings (SSSR count). The third kappa shape index (κ3) is 7.29. The second-order valence-corrected chi connectivity index (χ2v) is 9.98. The van der Waals surface area contributed by atoms with Crippen LogP contribution >= 0.6 is 0 Å². The van der Waals surface area contributed by atoms with Crippen LogP contribution in [0.5, 0.6) is 0 Å². The SMILES string of the molecule is C/C(CCc1ccccc1)=N/NC(=O)c1ccc(N(Cc2ccc(C)cc2)S(C)(=O)=O)cc1. The Morgan fingerprint density at radius 1 is 0.909 bits per heavy atom. The Morgan fingerprint density at radius 2 is 1.55 bits per heavy atom. The van der Waals surface area contributed by atoms with Gasteiger partial charge < -0.3 is 0 Å². The first kappa shape index (κ1) is 24.2. The lowest BCUT2D eigenvalue weighted by atomic mass is 10.1. The fourth-order valence-corrected chi connectivity index (χ4v) is 4.16. The molecule has 0 aliphatic heterocycles. The van der Waals surface area contributed by atoms with Crippen molar-refractivity contribution in [3.05, 3.63) is 101 Å². The summed E-state index contributed by atoms with van der Waals surface area (Å²) in [7, 11) is -3.50. The maximum absolute atomic E-state index is 12.5. The van der Waals surface area contributed by atoms with Crippen LogP contribution in [0.3, 0.4) is 0 Å². The van der Waals surface area contributed by atoms with E-state index in [1.54, 1.807) is 24.3 Å². The van der Waals surface area contributed by atoms with Crippen molar-refractivity contribution in [1.29, 1.82) is 0 Å². The summed E-state index contributed by atoms with van der Waals surface area (Å²) in [6.07, 6.45) is 2.77. The van der Waals surface area contributed by atoms with Gasteiger partial charge in [0.1, 0.15) is 0 Å². The molecule has 3 aromatic carbocycles. The second-order valence-electron chi connectivity index (χ2n) is 8.08. The summed E-state index contributed by atoms with van der Waals surface area (Å²) >= 11 is 0. The first-order valence-electron chi connectivity index (χ1n) is 10.7. The van der Waals surface area contributed by atoms with Gasteiger partial charge in [-0.1, -0.05) is 60.2 Å². The van der Waals surface area contributed by atoms with Gasteiger partial charge in [-0.3, -0.25) is 9.10 Å². The number of aryl methyl sites for hydroxylation is 2. The van der Waals surface area contributed by atoms with Crippen molar-refractivity contribution in [2.24, 2.45) is 5.10 Å². The van der Waals surface area contributed by atoms with Crippen LogP contribution in [0.25, 0.3) is 0 Å². The third-order valence-electron chi connectivity index (χ3n) is 5.23. The van der Waals surface area contributed by atoms with E-state index in [0.29, 0.717) is 11.3 Å². The number of anilines is 1. The second kappa shape index (κ2) is 10.9. The van der Waals surface area contributed by atoms with E-state index < -0.39 is 10.0 Å². The van der Waals surface area contributed by atoms with Gasteiger partial charge in [0.25, 0.3) is 5.91 Å². The lowest BCUT2D eigenvalue weighted by molar-refractivity contribution is 0.0954. The van der Waals surface area contributed by atoms with Crippen LogP contribution in [-0.2, 0) is 23.0 Å². The molecule has 0 spiro atoms. The van der Waals surface area contributed by atoms with Crippen LogP contribution < -0.4 is 9.73 Å². The largest absolute Gasteiger partial charge is 0.271 e. The average Bonchev–Trinajstić information content (AvgIpc) is 2.81. The molecule has 6 nitrogen and oxygen atoms in total.